The Labute approximate surface area is 208 Å². The first-order valence-corrected chi connectivity index (χ1v) is 10.6. The van der Waals surface area contributed by atoms with Crippen LogP contribution in [-0.2, 0) is 10.5 Å². The summed E-state index contributed by atoms with van der Waals surface area (Å²) < 4.78 is 92.6. The van der Waals surface area contributed by atoms with E-state index in [1.807, 2.05) is 0 Å². The van der Waals surface area contributed by atoms with Gasteiger partial charge < -0.3 is 15.7 Å². The Kier molecular flexibility index (Phi) is 7.84. The number of carboxylic acids is 1. The third-order valence-electron chi connectivity index (χ3n) is 5.10. The van der Waals surface area contributed by atoms with Crippen molar-refractivity contribution in [2.75, 3.05) is 5.32 Å². The van der Waals surface area contributed by atoms with Crippen LogP contribution in [0.2, 0.25) is 0 Å². The second kappa shape index (κ2) is 9.71. The average molecular weight is 587 g/mol. The molecule has 0 radical (unpaired) electrons. The van der Waals surface area contributed by atoms with Crippen LogP contribution in [0.3, 0.4) is 0 Å². The van der Waals surface area contributed by atoms with Gasteiger partial charge in [-0.25, -0.2) is 9.18 Å². The molecule has 36 heavy (non-hydrogen) atoms. The molecule has 0 aliphatic carbocycles. The van der Waals surface area contributed by atoms with E-state index in [4.69, 9.17) is 0 Å². The number of hydrogen-bond acceptors (Lipinski definition) is 3. The summed E-state index contributed by atoms with van der Waals surface area (Å²) in [4.78, 5) is 36.9. The number of carboxylic acid groups (broad SMARTS) is 1. The number of rotatable bonds is 6. The molecule has 0 heterocycles. The maximum atomic E-state index is 14.3. The largest absolute Gasteiger partial charge is 0.480 e. The Morgan fingerprint density at radius 2 is 1.44 bits per heavy atom. The summed E-state index contributed by atoms with van der Waals surface area (Å²) in [6.07, 6.45) is -12.6. The molecule has 2 aromatic carbocycles. The Hall–Kier alpha value is -3.16. The first-order valence-electron chi connectivity index (χ1n) is 9.83. The molecule has 2 amide bonds. The molecule has 0 aliphatic rings. The SMILES string of the molecule is Cc1cc(C(F)(C(F)(F)F)C(F)(F)F)ccc1NC(=O)c1cccc(Br)c1C(=O)NC(C)(C)C(=O)O. The van der Waals surface area contributed by atoms with Crippen LogP contribution in [0.4, 0.5) is 36.4 Å². The monoisotopic (exact) mass is 586 g/mol. The quantitative estimate of drug-likeness (QED) is 0.368. The van der Waals surface area contributed by atoms with Gasteiger partial charge in [0.15, 0.2) is 0 Å². The maximum Gasteiger partial charge on any atom is 0.435 e. The average Bonchev–Trinajstić information content (AvgIpc) is 2.72. The van der Waals surface area contributed by atoms with Crippen molar-refractivity contribution >= 4 is 39.4 Å². The normalized spacial score (nSPS) is 12.8. The van der Waals surface area contributed by atoms with Crippen LogP contribution in [-0.4, -0.2) is 40.8 Å². The lowest BCUT2D eigenvalue weighted by molar-refractivity contribution is -0.348. The highest BCUT2D eigenvalue weighted by atomic mass is 79.9. The molecule has 3 N–H and O–H groups in total. The van der Waals surface area contributed by atoms with Crippen LogP contribution in [0.25, 0.3) is 0 Å². The fourth-order valence-corrected chi connectivity index (χ4v) is 3.59. The van der Waals surface area contributed by atoms with Gasteiger partial charge in [-0.15, -0.1) is 0 Å². The third-order valence-corrected chi connectivity index (χ3v) is 5.76. The lowest BCUT2D eigenvalue weighted by atomic mass is 9.92. The van der Waals surface area contributed by atoms with E-state index in [9.17, 15) is 50.2 Å². The number of aryl methyl sites for hydroxylation is 1. The van der Waals surface area contributed by atoms with E-state index in [0.717, 1.165) is 6.92 Å². The fraction of sp³-hybridized carbons (Fsp3) is 0.318. The van der Waals surface area contributed by atoms with Gasteiger partial charge in [0, 0.05) is 15.7 Å². The zero-order chi connectivity index (χ0) is 27.9. The van der Waals surface area contributed by atoms with E-state index >= 15 is 0 Å². The molecule has 14 heteroatoms. The minimum Gasteiger partial charge on any atom is -0.480 e. The lowest BCUT2D eigenvalue weighted by Crippen LogP contribution is -2.50. The maximum absolute atomic E-state index is 14.3. The number of amides is 2. The zero-order valence-electron chi connectivity index (χ0n) is 18.7. The number of alkyl halides is 7. The molecule has 0 fully saturated rings. The Bertz CT molecular complexity index is 1200. The van der Waals surface area contributed by atoms with Gasteiger partial charge in [0.1, 0.15) is 5.54 Å². The van der Waals surface area contributed by atoms with Crippen molar-refractivity contribution in [2.24, 2.45) is 0 Å². The molecule has 0 aromatic heterocycles. The summed E-state index contributed by atoms with van der Waals surface area (Å²) in [5.74, 6) is -3.32. The molecule has 196 valence electrons. The molecule has 0 atom stereocenters. The van der Waals surface area contributed by atoms with E-state index in [1.54, 1.807) is 0 Å². The molecule has 0 spiro atoms. The van der Waals surface area contributed by atoms with E-state index in [1.165, 1.54) is 32.0 Å². The second-order valence-corrected chi connectivity index (χ2v) is 9.04. The van der Waals surface area contributed by atoms with Crippen molar-refractivity contribution in [1.29, 1.82) is 0 Å². The van der Waals surface area contributed by atoms with Gasteiger partial charge in [0.25, 0.3) is 11.8 Å². The Balaban J connectivity index is 2.45. The third kappa shape index (κ3) is 5.47. The van der Waals surface area contributed by atoms with Crippen LogP contribution in [0.15, 0.2) is 40.9 Å². The summed E-state index contributed by atoms with van der Waals surface area (Å²) in [6.45, 7) is 3.44. The highest BCUT2D eigenvalue weighted by molar-refractivity contribution is 9.10. The number of carbonyl (C=O) groups excluding carboxylic acids is 2. The summed E-state index contributed by atoms with van der Waals surface area (Å²) >= 11 is 3.09. The standard InChI is InChI=1S/C22H18BrF7N2O4/c1-10-9-11(20(24,21(25,26)27)22(28,29)30)7-8-14(10)31-16(33)12-5-4-6-13(23)15(12)17(34)32-19(2,3)18(35)36/h4-9H,1-3H3,(H,31,33)(H,32,34)(H,35,36). The molecule has 0 unspecified atom stereocenters. The van der Waals surface area contributed by atoms with Gasteiger partial charge in [0.05, 0.1) is 11.1 Å². The molecule has 2 rings (SSSR count). The van der Waals surface area contributed by atoms with Crippen LogP contribution < -0.4 is 10.6 Å². The highest BCUT2D eigenvalue weighted by Crippen LogP contribution is 2.53. The van der Waals surface area contributed by atoms with Crippen LogP contribution in [0.5, 0.6) is 0 Å². The van der Waals surface area contributed by atoms with Gasteiger partial charge in [-0.2, -0.15) is 26.3 Å². The topological polar surface area (TPSA) is 95.5 Å². The number of halogens is 8. The molecule has 0 aliphatic heterocycles. The van der Waals surface area contributed by atoms with Crippen molar-refractivity contribution in [3.05, 3.63) is 63.1 Å². The predicted molar refractivity (Wildman–Crippen MR) is 117 cm³/mol. The van der Waals surface area contributed by atoms with Crippen molar-refractivity contribution < 1.29 is 50.2 Å². The van der Waals surface area contributed by atoms with Gasteiger partial charge in [-0.3, -0.25) is 9.59 Å². The van der Waals surface area contributed by atoms with E-state index in [2.05, 4.69) is 26.6 Å². The highest BCUT2D eigenvalue weighted by Gasteiger charge is 2.73. The minimum atomic E-state index is -6.30. The number of benzene rings is 2. The van der Waals surface area contributed by atoms with Crippen molar-refractivity contribution in [3.63, 3.8) is 0 Å². The second-order valence-electron chi connectivity index (χ2n) is 8.18. The fourth-order valence-electron chi connectivity index (χ4n) is 3.04. The number of aliphatic carboxylic acids is 1. The number of anilines is 1. The lowest BCUT2D eigenvalue weighted by Gasteiger charge is -2.30. The molecule has 6 nitrogen and oxygen atoms in total. The van der Waals surface area contributed by atoms with E-state index < -0.39 is 46.9 Å². The van der Waals surface area contributed by atoms with Crippen molar-refractivity contribution in [2.45, 2.75) is 44.3 Å². The zero-order valence-corrected chi connectivity index (χ0v) is 20.2. The molecular weight excluding hydrogens is 569 g/mol. The summed E-state index contributed by atoms with van der Waals surface area (Å²) in [7, 11) is 0. The number of nitrogens with one attached hydrogen (secondary N) is 2. The summed E-state index contributed by atoms with van der Waals surface area (Å²) in [5.41, 5.74) is -10.2. The first-order chi connectivity index (χ1) is 16.2. The molecule has 0 saturated heterocycles. The minimum absolute atomic E-state index is 0.0958. The van der Waals surface area contributed by atoms with Crippen LogP contribution in [0.1, 0.15) is 45.7 Å². The van der Waals surface area contributed by atoms with Crippen molar-refractivity contribution in [3.8, 4) is 0 Å². The molecular formula is C22H18BrF7N2O4. The van der Waals surface area contributed by atoms with Gasteiger partial charge in [-0.05, 0) is 60.5 Å². The Morgan fingerprint density at radius 1 is 0.889 bits per heavy atom. The van der Waals surface area contributed by atoms with Crippen molar-refractivity contribution in [1.82, 2.24) is 5.32 Å². The predicted octanol–water partition coefficient (Wildman–Crippen LogP) is 5.89. The van der Waals surface area contributed by atoms with E-state index in [-0.39, 0.29) is 32.9 Å². The molecule has 2 aromatic rings. The number of carbonyl (C=O) groups is 3. The smallest absolute Gasteiger partial charge is 0.435 e. The van der Waals surface area contributed by atoms with Gasteiger partial charge >= 0.3 is 24.0 Å². The molecule has 0 bridgehead atoms. The summed E-state index contributed by atoms with van der Waals surface area (Å²) in [6, 6.07) is 5.15. The van der Waals surface area contributed by atoms with Gasteiger partial charge in [0.2, 0.25) is 0 Å². The van der Waals surface area contributed by atoms with Crippen LogP contribution in [0, 0.1) is 6.92 Å². The number of hydrogen-bond donors (Lipinski definition) is 3. The van der Waals surface area contributed by atoms with Gasteiger partial charge in [-0.1, -0.05) is 18.2 Å². The Morgan fingerprint density at radius 3 is 1.92 bits per heavy atom. The van der Waals surface area contributed by atoms with Crippen LogP contribution >= 0.6 is 15.9 Å². The van der Waals surface area contributed by atoms with E-state index in [0.29, 0.717) is 12.1 Å². The first kappa shape index (κ1) is 29.1. The summed E-state index contributed by atoms with van der Waals surface area (Å²) in [5, 5.41) is 13.7. The molecule has 0 saturated carbocycles.